The van der Waals surface area contributed by atoms with Crippen LogP contribution in [0.5, 0.6) is 0 Å². The molecule has 286 valence electrons. The number of benzene rings is 3. The number of nitrogen functional groups attached to an aromatic ring is 1. The molecule has 0 amide bonds. The predicted octanol–water partition coefficient (Wildman–Crippen LogP) is 15.6. The van der Waals surface area contributed by atoms with Gasteiger partial charge in [0.2, 0.25) is 0 Å². The molecule has 0 fully saturated rings. The number of anilines is 3. The minimum Gasteiger partial charge on any atom is -0.399 e. The van der Waals surface area contributed by atoms with E-state index in [9.17, 15) is 0 Å². The minimum atomic E-state index is 0.0669. The van der Waals surface area contributed by atoms with E-state index in [1.54, 1.807) is 5.57 Å². The molecule has 3 aromatic rings. The highest BCUT2D eigenvalue weighted by Gasteiger charge is 2.37. The van der Waals surface area contributed by atoms with Crippen LogP contribution in [-0.2, 0) is 5.41 Å². The lowest BCUT2D eigenvalue weighted by atomic mass is 9.80. The van der Waals surface area contributed by atoms with E-state index in [-0.39, 0.29) is 5.41 Å². The van der Waals surface area contributed by atoms with E-state index in [2.05, 4.69) is 156 Å². The smallest absolute Gasteiger partial charge is 0.0411 e. The van der Waals surface area contributed by atoms with Gasteiger partial charge in [-0.3, -0.25) is 0 Å². The van der Waals surface area contributed by atoms with Gasteiger partial charge < -0.3 is 10.6 Å². The number of nitrogens with zero attached hydrogens (tertiary/aromatic N) is 1. The van der Waals surface area contributed by atoms with E-state index in [1.165, 1.54) is 50.3 Å². The summed E-state index contributed by atoms with van der Waals surface area (Å²) in [5.41, 5.74) is 21.2. The summed E-state index contributed by atoms with van der Waals surface area (Å²) in [6.07, 6.45) is 29.1. The van der Waals surface area contributed by atoms with Crippen LogP contribution in [-0.4, -0.2) is 7.05 Å². The third kappa shape index (κ3) is 12.5. The Morgan fingerprint density at radius 1 is 0.852 bits per heavy atom. The van der Waals surface area contributed by atoms with Gasteiger partial charge in [-0.2, -0.15) is 0 Å². The average molecular weight is 721 g/mol. The molecule has 0 aromatic heterocycles. The Morgan fingerprint density at radius 3 is 2.00 bits per heavy atom. The van der Waals surface area contributed by atoms with Gasteiger partial charge in [-0.15, -0.1) is 0 Å². The Bertz CT molecular complexity index is 1850. The van der Waals surface area contributed by atoms with E-state index in [1.807, 2.05) is 65.0 Å². The fourth-order valence-corrected chi connectivity index (χ4v) is 6.62. The Hall–Kier alpha value is -5.08. The molecule has 0 atom stereocenters. The summed E-state index contributed by atoms with van der Waals surface area (Å²) < 4.78 is 0. The predicted molar refractivity (Wildman–Crippen MR) is 246 cm³/mol. The van der Waals surface area contributed by atoms with Gasteiger partial charge in [0.25, 0.3) is 0 Å². The number of nitrogens with two attached hydrogens (primary N) is 1. The van der Waals surface area contributed by atoms with E-state index in [0.717, 1.165) is 43.4 Å². The van der Waals surface area contributed by atoms with Crippen molar-refractivity contribution in [2.75, 3.05) is 17.7 Å². The van der Waals surface area contributed by atoms with Gasteiger partial charge in [-0.05, 0) is 127 Å². The summed E-state index contributed by atoms with van der Waals surface area (Å²) in [6, 6.07) is 23.7. The summed E-state index contributed by atoms with van der Waals surface area (Å²) in [7, 11) is 2.15. The molecule has 0 heterocycles. The molecule has 3 aliphatic rings. The van der Waals surface area contributed by atoms with Crippen molar-refractivity contribution < 1.29 is 0 Å². The Labute approximate surface area is 330 Å². The molecule has 0 spiro atoms. The van der Waals surface area contributed by atoms with Gasteiger partial charge in [0.05, 0.1) is 0 Å². The highest BCUT2D eigenvalue weighted by Crippen LogP contribution is 2.51. The van der Waals surface area contributed by atoms with Crippen molar-refractivity contribution in [3.05, 3.63) is 180 Å². The minimum absolute atomic E-state index is 0.0669. The summed E-state index contributed by atoms with van der Waals surface area (Å²) in [4.78, 5) is 2.27. The highest BCUT2D eigenvalue weighted by molar-refractivity contribution is 5.85. The first-order valence-corrected chi connectivity index (χ1v) is 20.0. The van der Waals surface area contributed by atoms with E-state index in [0.29, 0.717) is 0 Å². The van der Waals surface area contributed by atoms with Crippen molar-refractivity contribution in [3.8, 4) is 11.1 Å². The average Bonchev–Trinajstić information content (AvgIpc) is 3.45. The number of hydrogen-bond acceptors (Lipinski definition) is 2. The van der Waals surface area contributed by atoms with Crippen molar-refractivity contribution in [2.24, 2.45) is 0 Å². The summed E-state index contributed by atoms with van der Waals surface area (Å²) in [5, 5.41) is 0. The summed E-state index contributed by atoms with van der Waals surface area (Å²) >= 11 is 0. The van der Waals surface area contributed by atoms with Gasteiger partial charge in [-0.1, -0.05) is 164 Å². The second-order valence-electron chi connectivity index (χ2n) is 13.6. The monoisotopic (exact) mass is 721 g/mol. The van der Waals surface area contributed by atoms with Crippen molar-refractivity contribution in [3.63, 3.8) is 0 Å². The first-order valence-electron chi connectivity index (χ1n) is 20.0. The molecule has 2 N–H and O–H groups in total. The molecular weight excluding hydrogens is 653 g/mol. The molecule has 0 radical (unpaired) electrons. The van der Waals surface area contributed by atoms with E-state index < -0.39 is 0 Å². The normalized spacial score (nSPS) is 14.9. The summed E-state index contributed by atoms with van der Waals surface area (Å²) in [6.45, 7) is 26.3. The second kappa shape index (κ2) is 23.6. The molecule has 2 nitrogen and oxygen atoms in total. The Kier molecular flexibility index (Phi) is 19.7. The molecule has 0 aliphatic heterocycles. The van der Waals surface area contributed by atoms with Crippen LogP contribution in [0.15, 0.2) is 169 Å². The largest absolute Gasteiger partial charge is 0.399 e. The lowest BCUT2D eigenvalue weighted by Crippen LogP contribution is -2.18. The molecule has 2 heteroatoms. The Morgan fingerprint density at radius 2 is 1.46 bits per heavy atom. The topological polar surface area (TPSA) is 29.3 Å². The van der Waals surface area contributed by atoms with Gasteiger partial charge in [-0.25, -0.2) is 0 Å². The standard InChI is InChI=1S/C28H28N2.C13H16.C7H12.2C2H6/c1-28(2)26-7-5-4-6-24(26)25-17-16-23(18-27(25)28)30(3)22-14-10-20(11-15-22)19-8-12-21(29)13-9-19;1-3-5-9-12(4-2)13-10-7-6-8-11-13;1-4-5-6-7(2)3;2*1-2/h5,7-18H,4,6,29H2,1-3H3;3-7,9-10H,1,8,11H2,2H3;5-6H,2,4H2,1,3H3;2*1-2H3/b;9-5-,12-4+;6-5-;;. The first kappa shape index (κ1) is 45.1. The third-order valence-electron chi connectivity index (χ3n) is 9.48. The highest BCUT2D eigenvalue weighted by atomic mass is 15.1. The molecule has 0 bridgehead atoms. The second-order valence-corrected chi connectivity index (χ2v) is 13.6. The van der Waals surface area contributed by atoms with Crippen LogP contribution in [0, 0.1) is 0 Å². The Balaban J connectivity index is 0.000000348. The molecule has 0 saturated carbocycles. The lowest BCUT2D eigenvalue weighted by Gasteiger charge is -2.26. The van der Waals surface area contributed by atoms with Crippen LogP contribution in [0.3, 0.4) is 0 Å². The van der Waals surface area contributed by atoms with Gasteiger partial charge in [0.1, 0.15) is 0 Å². The number of allylic oxidation sites excluding steroid dienone is 16. The zero-order chi connectivity index (χ0) is 40.1. The maximum absolute atomic E-state index is 5.82. The quantitative estimate of drug-likeness (QED) is 0.185. The molecular formula is C52H68N2. The van der Waals surface area contributed by atoms with E-state index in [4.69, 9.17) is 5.73 Å². The number of rotatable bonds is 8. The number of hydrogen-bond donors (Lipinski definition) is 1. The SMILES string of the molecule is C=C(C)/C=C\CC.C=C/C=C\C(=C/C)C1=CC=CCC1.CC.CC.CN(c1ccc(-c2ccc(N)cc2)cc1)c1ccc2c(c1)C(C)(C)C1=C2CCC=C1. The van der Waals surface area contributed by atoms with Crippen molar-refractivity contribution in [1.29, 1.82) is 0 Å². The fraction of sp³-hybridized carbons (Fsp3) is 0.308. The molecule has 0 unspecified atom stereocenters. The van der Waals surface area contributed by atoms with Crippen molar-refractivity contribution in [2.45, 2.75) is 99.8 Å². The molecule has 0 saturated heterocycles. The maximum Gasteiger partial charge on any atom is 0.0411 e. The molecule has 3 aliphatic carbocycles. The van der Waals surface area contributed by atoms with E-state index >= 15 is 0 Å². The van der Waals surface area contributed by atoms with Crippen LogP contribution >= 0.6 is 0 Å². The number of fused-ring (bicyclic) bond motifs is 2. The summed E-state index contributed by atoms with van der Waals surface area (Å²) in [5.74, 6) is 0. The van der Waals surface area contributed by atoms with Crippen molar-refractivity contribution in [1.82, 2.24) is 0 Å². The van der Waals surface area contributed by atoms with Crippen LogP contribution < -0.4 is 10.6 Å². The maximum atomic E-state index is 5.82. The fourth-order valence-electron chi connectivity index (χ4n) is 6.62. The third-order valence-corrected chi connectivity index (χ3v) is 9.48. The van der Waals surface area contributed by atoms with Gasteiger partial charge >= 0.3 is 0 Å². The first-order chi connectivity index (χ1) is 26.1. The molecule has 54 heavy (non-hydrogen) atoms. The lowest BCUT2D eigenvalue weighted by molar-refractivity contribution is 0.651. The van der Waals surface area contributed by atoms with Crippen molar-refractivity contribution >= 4 is 22.6 Å². The van der Waals surface area contributed by atoms with Gasteiger partial charge in [0.15, 0.2) is 0 Å². The zero-order valence-corrected chi connectivity index (χ0v) is 35.2. The molecule has 3 aromatic carbocycles. The van der Waals surface area contributed by atoms with Crippen LogP contribution in [0.2, 0.25) is 0 Å². The van der Waals surface area contributed by atoms with Crippen LogP contribution in [0.25, 0.3) is 16.7 Å². The van der Waals surface area contributed by atoms with Gasteiger partial charge in [0, 0.05) is 29.5 Å². The zero-order valence-electron chi connectivity index (χ0n) is 35.2. The van der Waals surface area contributed by atoms with Crippen LogP contribution in [0.1, 0.15) is 106 Å². The molecule has 6 rings (SSSR count). The van der Waals surface area contributed by atoms with Crippen LogP contribution in [0.4, 0.5) is 17.1 Å².